The Morgan fingerprint density at radius 1 is 1.21 bits per heavy atom. The molecule has 3 N–H and O–H groups in total. The van der Waals surface area contributed by atoms with Gasteiger partial charge >= 0.3 is 6.18 Å². The Bertz CT molecular complexity index is 990. The van der Waals surface area contributed by atoms with Crippen LogP contribution < -0.4 is 10.6 Å². The zero-order chi connectivity index (χ0) is 20.4. The number of benzene rings is 1. The largest absolute Gasteiger partial charge is 0.419 e. The molecular weight excluding hydrogens is 379 g/mol. The van der Waals surface area contributed by atoms with E-state index in [1.54, 1.807) is 12.3 Å². The maximum atomic E-state index is 13.6. The number of aryl methyl sites for hydroxylation is 1. The van der Waals surface area contributed by atoms with E-state index in [4.69, 9.17) is 0 Å². The lowest BCUT2D eigenvalue weighted by Crippen LogP contribution is -2.38. The highest BCUT2D eigenvalue weighted by molar-refractivity contribution is 5.73. The van der Waals surface area contributed by atoms with E-state index in [1.807, 2.05) is 31.2 Å². The number of nitrogens with one attached hydrogen (secondary N) is 3. The molecule has 1 aromatic carbocycles. The zero-order valence-electron chi connectivity index (χ0n) is 16.0. The van der Waals surface area contributed by atoms with Crippen LogP contribution in [0.15, 0.2) is 42.7 Å². The number of nitrogens with zero attached hydrogens (tertiary/aromatic N) is 2. The quantitative estimate of drug-likeness (QED) is 0.596. The SMILES string of the molecule is Cc1ccccc1-c1cc(-c2nc(NC3CCCNC3)ncc2C(F)(F)F)c[nH]1. The molecule has 29 heavy (non-hydrogen) atoms. The Balaban J connectivity index is 1.71. The van der Waals surface area contributed by atoms with Crippen LogP contribution in [0.25, 0.3) is 22.5 Å². The topological polar surface area (TPSA) is 65.6 Å². The van der Waals surface area contributed by atoms with Gasteiger partial charge in [-0.2, -0.15) is 13.2 Å². The Hall–Kier alpha value is -2.87. The van der Waals surface area contributed by atoms with Crippen molar-refractivity contribution in [1.29, 1.82) is 0 Å². The average Bonchev–Trinajstić information content (AvgIpc) is 3.18. The van der Waals surface area contributed by atoms with Crippen molar-refractivity contribution in [1.82, 2.24) is 20.3 Å². The average molecular weight is 401 g/mol. The van der Waals surface area contributed by atoms with Crippen LogP contribution in [0, 0.1) is 6.92 Å². The highest BCUT2D eigenvalue weighted by Gasteiger charge is 2.36. The Labute approximate surface area is 166 Å². The molecule has 1 fully saturated rings. The van der Waals surface area contributed by atoms with E-state index in [0.717, 1.165) is 48.9 Å². The molecule has 0 spiro atoms. The molecule has 1 aliphatic heterocycles. The molecule has 4 rings (SSSR count). The van der Waals surface area contributed by atoms with Crippen LogP contribution in [0.2, 0.25) is 0 Å². The molecule has 1 aliphatic rings. The minimum Gasteiger partial charge on any atom is -0.360 e. The lowest BCUT2D eigenvalue weighted by molar-refractivity contribution is -0.137. The summed E-state index contributed by atoms with van der Waals surface area (Å²) in [5.41, 5.74) is 2.12. The number of H-pyrrole nitrogens is 1. The first-order chi connectivity index (χ1) is 13.9. The van der Waals surface area contributed by atoms with E-state index < -0.39 is 11.7 Å². The summed E-state index contributed by atoms with van der Waals surface area (Å²) >= 11 is 0. The van der Waals surface area contributed by atoms with Crippen molar-refractivity contribution >= 4 is 5.95 Å². The van der Waals surface area contributed by atoms with Crippen molar-refractivity contribution in [2.75, 3.05) is 18.4 Å². The molecule has 5 nitrogen and oxygen atoms in total. The van der Waals surface area contributed by atoms with Crippen LogP contribution >= 0.6 is 0 Å². The van der Waals surface area contributed by atoms with Gasteiger partial charge in [0.05, 0.1) is 5.69 Å². The fourth-order valence-electron chi connectivity index (χ4n) is 3.60. The fourth-order valence-corrected chi connectivity index (χ4v) is 3.60. The van der Waals surface area contributed by atoms with Crippen LogP contribution in [0.4, 0.5) is 19.1 Å². The molecule has 3 heterocycles. The molecule has 0 bridgehead atoms. The van der Waals surface area contributed by atoms with Crippen molar-refractivity contribution in [3.05, 3.63) is 53.9 Å². The number of hydrogen-bond acceptors (Lipinski definition) is 4. The van der Waals surface area contributed by atoms with Crippen LogP contribution in [0.1, 0.15) is 24.0 Å². The van der Waals surface area contributed by atoms with Gasteiger partial charge in [0.25, 0.3) is 0 Å². The number of piperidine rings is 1. The second kappa shape index (κ2) is 7.87. The van der Waals surface area contributed by atoms with Crippen LogP contribution in [-0.4, -0.2) is 34.1 Å². The molecule has 0 saturated carbocycles. The van der Waals surface area contributed by atoms with Gasteiger partial charge in [0, 0.05) is 41.8 Å². The van der Waals surface area contributed by atoms with Gasteiger partial charge in [-0.3, -0.25) is 0 Å². The number of rotatable bonds is 4. The third-order valence-corrected chi connectivity index (χ3v) is 5.12. The van der Waals surface area contributed by atoms with Gasteiger partial charge in [0.15, 0.2) is 0 Å². The molecular formula is C21H22F3N5. The molecule has 3 aromatic rings. The van der Waals surface area contributed by atoms with Crippen molar-refractivity contribution in [3.8, 4) is 22.5 Å². The number of aromatic amines is 1. The van der Waals surface area contributed by atoms with Gasteiger partial charge < -0.3 is 15.6 Å². The maximum Gasteiger partial charge on any atom is 0.419 e. The van der Waals surface area contributed by atoms with Gasteiger partial charge in [-0.25, -0.2) is 9.97 Å². The monoisotopic (exact) mass is 401 g/mol. The van der Waals surface area contributed by atoms with Gasteiger partial charge in [0.2, 0.25) is 5.95 Å². The molecule has 0 radical (unpaired) electrons. The van der Waals surface area contributed by atoms with E-state index in [0.29, 0.717) is 5.56 Å². The van der Waals surface area contributed by atoms with Crippen molar-refractivity contribution in [2.45, 2.75) is 32.0 Å². The molecule has 1 atom stereocenters. The third-order valence-electron chi connectivity index (χ3n) is 5.12. The summed E-state index contributed by atoms with van der Waals surface area (Å²) in [7, 11) is 0. The molecule has 152 valence electrons. The Morgan fingerprint density at radius 2 is 2.03 bits per heavy atom. The molecule has 0 aliphatic carbocycles. The highest BCUT2D eigenvalue weighted by Crippen LogP contribution is 2.37. The second-order valence-corrected chi connectivity index (χ2v) is 7.26. The summed E-state index contributed by atoms with van der Waals surface area (Å²) < 4.78 is 40.8. The predicted octanol–water partition coefficient (Wildman–Crippen LogP) is 4.63. The van der Waals surface area contributed by atoms with Crippen LogP contribution in [-0.2, 0) is 6.18 Å². The van der Waals surface area contributed by atoms with Gasteiger partial charge in [-0.1, -0.05) is 24.3 Å². The molecule has 1 unspecified atom stereocenters. The standard InChI is InChI=1S/C21H22F3N5/c1-13-5-2-3-7-16(13)18-9-14(10-26-18)19-17(21(22,23)24)12-27-20(29-19)28-15-6-4-8-25-11-15/h2-3,5,7,9-10,12,15,25-26H,4,6,8,11H2,1H3,(H,27,28,29). The number of anilines is 1. The number of halogens is 3. The van der Waals surface area contributed by atoms with Crippen LogP contribution in [0.3, 0.4) is 0 Å². The number of alkyl halides is 3. The Morgan fingerprint density at radius 3 is 2.76 bits per heavy atom. The molecule has 0 amide bonds. The smallest absolute Gasteiger partial charge is 0.360 e. The summed E-state index contributed by atoms with van der Waals surface area (Å²) in [6, 6.07) is 9.51. The predicted molar refractivity (Wildman–Crippen MR) is 107 cm³/mol. The lowest BCUT2D eigenvalue weighted by Gasteiger charge is -2.24. The minimum absolute atomic E-state index is 0.0992. The first-order valence-corrected chi connectivity index (χ1v) is 9.58. The van der Waals surface area contributed by atoms with E-state index in [2.05, 4.69) is 25.6 Å². The Kier molecular flexibility index (Phi) is 5.27. The van der Waals surface area contributed by atoms with Crippen molar-refractivity contribution in [3.63, 3.8) is 0 Å². The minimum atomic E-state index is -4.54. The summed E-state index contributed by atoms with van der Waals surface area (Å²) in [5, 5.41) is 6.42. The normalized spacial score (nSPS) is 17.3. The van der Waals surface area contributed by atoms with Gasteiger partial charge in [-0.15, -0.1) is 0 Å². The fraction of sp³-hybridized carbons (Fsp3) is 0.333. The van der Waals surface area contributed by atoms with E-state index in [-0.39, 0.29) is 17.7 Å². The molecule has 2 aromatic heterocycles. The van der Waals surface area contributed by atoms with Gasteiger partial charge in [-0.05, 0) is 37.9 Å². The van der Waals surface area contributed by atoms with Crippen molar-refractivity contribution in [2.24, 2.45) is 0 Å². The third kappa shape index (κ3) is 4.27. The zero-order valence-corrected chi connectivity index (χ0v) is 16.0. The van der Waals surface area contributed by atoms with E-state index in [1.165, 1.54) is 0 Å². The summed E-state index contributed by atoms with van der Waals surface area (Å²) in [6.07, 6.45) is -0.190. The first-order valence-electron chi connectivity index (χ1n) is 9.58. The second-order valence-electron chi connectivity index (χ2n) is 7.26. The molecule has 8 heteroatoms. The summed E-state index contributed by atoms with van der Waals surface area (Å²) in [6.45, 7) is 3.64. The van der Waals surface area contributed by atoms with Crippen molar-refractivity contribution < 1.29 is 13.2 Å². The summed E-state index contributed by atoms with van der Waals surface area (Å²) in [4.78, 5) is 11.2. The first kappa shape index (κ1) is 19.4. The number of hydrogen-bond donors (Lipinski definition) is 3. The number of aromatic nitrogens is 3. The maximum absolute atomic E-state index is 13.6. The molecule has 1 saturated heterocycles. The van der Waals surface area contributed by atoms with Crippen LogP contribution in [0.5, 0.6) is 0 Å². The summed E-state index contributed by atoms with van der Waals surface area (Å²) in [5.74, 6) is 0.209. The van der Waals surface area contributed by atoms with E-state index in [9.17, 15) is 13.2 Å². The van der Waals surface area contributed by atoms with E-state index >= 15 is 0 Å². The lowest BCUT2D eigenvalue weighted by atomic mass is 10.0. The highest BCUT2D eigenvalue weighted by atomic mass is 19.4. The van der Waals surface area contributed by atoms with Gasteiger partial charge in [0.1, 0.15) is 5.56 Å².